The molecule has 0 aliphatic rings. The van der Waals surface area contributed by atoms with E-state index in [1.165, 1.54) is 0 Å². The van der Waals surface area contributed by atoms with E-state index in [9.17, 15) is 0 Å². The number of nitriles is 1. The normalized spacial score (nSPS) is 10.7. The molecule has 4 rings (SSSR count). The summed E-state index contributed by atoms with van der Waals surface area (Å²) in [5, 5.41) is 9.91. The molecule has 0 saturated carbocycles. The van der Waals surface area contributed by atoms with E-state index >= 15 is 0 Å². The van der Waals surface area contributed by atoms with Crippen molar-refractivity contribution < 1.29 is 9.47 Å². The zero-order valence-corrected chi connectivity index (χ0v) is 16.9. The summed E-state index contributed by atoms with van der Waals surface area (Å²) in [4.78, 5) is 4.60. The van der Waals surface area contributed by atoms with Crippen LogP contribution in [0.25, 0.3) is 11.0 Å². The highest BCUT2D eigenvalue weighted by atomic mass is 35.5. The molecule has 144 valence electrons. The topological polar surface area (TPSA) is 60.1 Å². The van der Waals surface area contributed by atoms with Crippen LogP contribution in [-0.4, -0.2) is 9.55 Å². The molecule has 0 radical (unpaired) electrons. The fraction of sp³-hybridized carbons (Fsp3) is 0.0909. The van der Waals surface area contributed by atoms with E-state index in [-0.39, 0.29) is 0 Å². The van der Waals surface area contributed by atoms with Crippen LogP contribution in [0.4, 0.5) is 0 Å². The molecular formula is C22H15Cl2N3O2. The summed E-state index contributed by atoms with van der Waals surface area (Å²) >= 11 is 12.3. The summed E-state index contributed by atoms with van der Waals surface area (Å²) in [6, 6.07) is 19.9. The second-order valence-corrected chi connectivity index (χ2v) is 7.19. The first-order valence-electron chi connectivity index (χ1n) is 8.75. The summed E-state index contributed by atoms with van der Waals surface area (Å²) in [6.45, 7) is 0.294. The van der Waals surface area contributed by atoms with Crippen molar-refractivity contribution in [2.24, 2.45) is 7.05 Å². The van der Waals surface area contributed by atoms with Gasteiger partial charge in [-0.2, -0.15) is 5.26 Å². The van der Waals surface area contributed by atoms with Gasteiger partial charge in [0.2, 0.25) is 0 Å². The van der Waals surface area contributed by atoms with Crippen LogP contribution < -0.4 is 9.47 Å². The lowest BCUT2D eigenvalue weighted by molar-refractivity contribution is 0.291. The molecule has 1 heterocycles. The van der Waals surface area contributed by atoms with Crippen molar-refractivity contribution in [3.63, 3.8) is 0 Å². The molecular weight excluding hydrogens is 409 g/mol. The summed E-state index contributed by atoms with van der Waals surface area (Å²) in [5.41, 5.74) is 2.36. The highest BCUT2D eigenvalue weighted by Gasteiger charge is 2.11. The molecule has 5 nitrogen and oxygen atoms in total. The van der Waals surface area contributed by atoms with Gasteiger partial charge in [0.25, 0.3) is 0 Å². The lowest BCUT2D eigenvalue weighted by atomic mass is 10.2. The second-order valence-electron chi connectivity index (χ2n) is 6.35. The Morgan fingerprint density at radius 1 is 1.03 bits per heavy atom. The minimum Gasteiger partial charge on any atom is -0.486 e. The van der Waals surface area contributed by atoms with Crippen LogP contribution in [0.1, 0.15) is 11.4 Å². The number of hydrogen-bond donors (Lipinski definition) is 0. The van der Waals surface area contributed by atoms with E-state index in [4.69, 9.17) is 37.9 Å². The number of aryl methyl sites for hydroxylation is 1. The highest BCUT2D eigenvalue weighted by molar-refractivity contribution is 6.32. The number of aromatic nitrogens is 2. The Hall–Kier alpha value is -3.20. The molecule has 0 bridgehead atoms. The maximum absolute atomic E-state index is 9.09. The fourth-order valence-corrected chi connectivity index (χ4v) is 3.32. The summed E-state index contributed by atoms with van der Waals surface area (Å²) in [5.74, 6) is 2.21. The lowest BCUT2D eigenvalue weighted by Gasteiger charge is -2.11. The number of benzene rings is 3. The zero-order valence-electron chi connectivity index (χ0n) is 15.4. The van der Waals surface area contributed by atoms with Gasteiger partial charge in [0, 0.05) is 18.1 Å². The van der Waals surface area contributed by atoms with Gasteiger partial charge in [-0.1, -0.05) is 35.3 Å². The van der Waals surface area contributed by atoms with Crippen molar-refractivity contribution >= 4 is 34.2 Å². The van der Waals surface area contributed by atoms with Gasteiger partial charge in [-0.25, -0.2) is 4.98 Å². The standard InChI is InChI=1S/C22H15Cl2N3O2/c1-27-20-5-3-2-4-19(20)26-22(27)13-28-16-6-7-18(24)21(11-16)29-17-9-14(12-25)8-15(23)10-17/h2-11H,13H2,1H3. The Morgan fingerprint density at radius 2 is 1.86 bits per heavy atom. The molecule has 0 aliphatic heterocycles. The third-order valence-electron chi connectivity index (χ3n) is 4.38. The van der Waals surface area contributed by atoms with Crippen molar-refractivity contribution in [2.45, 2.75) is 6.61 Å². The Balaban J connectivity index is 1.54. The van der Waals surface area contributed by atoms with Crippen molar-refractivity contribution in [1.82, 2.24) is 9.55 Å². The van der Waals surface area contributed by atoms with Crippen molar-refractivity contribution in [2.75, 3.05) is 0 Å². The molecule has 0 atom stereocenters. The van der Waals surface area contributed by atoms with Crippen LogP contribution in [0, 0.1) is 11.3 Å². The number of nitrogens with zero attached hydrogens (tertiary/aromatic N) is 3. The predicted octanol–water partition coefficient (Wildman–Crippen LogP) is 6.12. The number of fused-ring (bicyclic) bond motifs is 1. The minimum atomic E-state index is 0.294. The van der Waals surface area contributed by atoms with E-state index in [1.807, 2.05) is 41.9 Å². The summed E-state index contributed by atoms with van der Waals surface area (Å²) in [7, 11) is 1.95. The van der Waals surface area contributed by atoms with Crippen LogP contribution in [0.2, 0.25) is 10.0 Å². The second kappa shape index (κ2) is 8.04. The molecule has 0 fully saturated rings. The summed E-state index contributed by atoms with van der Waals surface area (Å²) < 4.78 is 13.7. The van der Waals surface area contributed by atoms with Gasteiger partial charge in [0.1, 0.15) is 29.7 Å². The van der Waals surface area contributed by atoms with Gasteiger partial charge in [0.05, 0.1) is 27.7 Å². The Kier molecular flexibility index (Phi) is 5.30. The Bertz CT molecular complexity index is 1240. The first-order valence-corrected chi connectivity index (χ1v) is 9.50. The van der Waals surface area contributed by atoms with E-state index in [0.29, 0.717) is 39.5 Å². The van der Waals surface area contributed by atoms with Crippen LogP contribution in [0.15, 0.2) is 60.7 Å². The molecule has 1 aromatic heterocycles. The van der Waals surface area contributed by atoms with Crippen molar-refractivity contribution in [3.05, 3.63) is 82.1 Å². The van der Waals surface area contributed by atoms with Crippen LogP contribution in [0.5, 0.6) is 17.2 Å². The number of halogens is 2. The molecule has 0 unspecified atom stereocenters. The van der Waals surface area contributed by atoms with Crippen LogP contribution in [-0.2, 0) is 13.7 Å². The molecule has 0 amide bonds. The molecule has 0 aliphatic carbocycles. The largest absolute Gasteiger partial charge is 0.486 e. The SMILES string of the molecule is Cn1c(COc2ccc(Cl)c(Oc3cc(Cl)cc(C#N)c3)c2)nc2ccccc21. The van der Waals surface area contributed by atoms with Crippen LogP contribution in [0.3, 0.4) is 0 Å². The van der Waals surface area contributed by atoms with Gasteiger partial charge in [-0.05, 0) is 42.5 Å². The lowest BCUT2D eigenvalue weighted by Crippen LogP contribution is -2.03. The predicted molar refractivity (Wildman–Crippen MR) is 113 cm³/mol. The fourth-order valence-electron chi connectivity index (χ4n) is 2.94. The molecule has 7 heteroatoms. The van der Waals surface area contributed by atoms with Gasteiger partial charge < -0.3 is 14.0 Å². The van der Waals surface area contributed by atoms with Gasteiger partial charge >= 0.3 is 0 Å². The number of imidazole rings is 1. The summed E-state index contributed by atoms with van der Waals surface area (Å²) in [6.07, 6.45) is 0. The van der Waals surface area contributed by atoms with Gasteiger partial charge in [0.15, 0.2) is 0 Å². The first kappa shape index (κ1) is 19.1. The van der Waals surface area contributed by atoms with Crippen LogP contribution >= 0.6 is 23.2 Å². The quantitative estimate of drug-likeness (QED) is 0.387. The molecule has 3 aromatic carbocycles. The van der Waals surface area contributed by atoms with Crippen molar-refractivity contribution in [1.29, 1.82) is 5.26 Å². The minimum absolute atomic E-state index is 0.294. The Labute approximate surface area is 177 Å². The molecule has 29 heavy (non-hydrogen) atoms. The van der Waals surface area contributed by atoms with Crippen molar-refractivity contribution in [3.8, 4) is 23.3 Å². The molecule has 4 aromatic rings. The van der Waals surface area contributed by atoms with Gasteiger partial charge in [-0.15, -0.1) is 0 Å². The highest BCUT2D eigenvalue weighted by Crippen LogP contribution is 2.34. The average Bonchev–Trinajstić information content (AvgIpc) is 3.04. The van der Waals surface area contributed by atoms with E-state index in [1.54, 1.807) is 36.4 Å². The third kappa shape index (κ3) is 4.14. The number of hydrogen-bond acceptors (Lipinski definition) is 4. The van der Waals surface area contributed by atoms with E-state index < -0.39 is 0 Å². The smallest absolute Gasteiger partial charge is 0.149 e. The third-order valence-corrected chi connectivity index (χ3v) is 4.91. The molecule has 0 spiro atoms. The van der Waals surface area contributed by atoms with E-state index in [2.05, 4.69) is 4.98 Å². The molecule has 0 N–H and O–H groups in total. The first-order chi connectivity index (χ1) is 14.0. The molecule has 0 saturated heterocycles. The number of rotatable bonds is 5. The zero-order chi connectivity index (χ0) is 20.4. The number of ether oxygens (including phenoxy) is 2. The maximum Gasteiger partial charge on any atom is 0.149 e. The number of para-hydroxylation sites is 2. The average molecular weight is 424 g/mol. The van der Waals surface area contributed by atoms with E-state index in [0.717, 1.165) is 16.9 Å². The monoisotopic (exact) mass is 423 g/mol. The van der Waals surface area contributed by atoms with Gasteiger partial charge in [-0.3, -0.25) is 0 Å². The Morgan fingerprint density at radius 3 is 2.66 bits per heavy atom. The maximum atomic E-state index is 9.09.